The number of nitrogens with one attached hydrogen (secondary N) is 2. The van der Waals surface area contributed by atoms with Crippen molar-refractivity contribution in [1.29, 1.82) is 0 Å². The Hall–Kier alpha value is -2.98. The number of benzene rings is 2. The van der Waals surface area contributed by atoms with Gasteiger partial charge in [0.1, 0.15) is 11.5 Å². The molecule has 0 saturated carbocycles. The summed E-state index contributed by atoms with van der Waals surface area (Å²) in [6.45, 7) is 7.99. The van der Waals surface area contributed by atoms with Crippen molar-refractivity contribution in [1.82, 2.24) is 14.3 Å². The highest BCUT2D eigenvalue weighted by Crippen LogP contribution is 2.34. The molecule has 1 aromatic heterocycles. The van der Waals surface area contributed by atoms with Crippen LogP contribution in [0.2, 0.25) is 0 Å². The van der Waals surface area contributed by atoms with Gasteiger partial charge in [0, 0.05) is 19.2 Å². The topological polar surface area (TPSA) is 121 Å². The van der Waals surface area contributed by atoms with Gasteiger partial charge in [-0.2, -0.15) is 4.31 Å². The van der Waals surface area contributed by atoms with Crippen LogP contribution in [0, 0.1) is 16.0 Å². The molecule has 0 aliphatic rings. The molecular weight excluding hydrogens is 418 g/mol. The van der Waals surface area contributed by atoms with Crippen LogP contribution in [0.15, 0.2) is 47.4 Å². The molecule has 3 aromatic rings. The Morgan fingerprint density at radius 2 is 1.84 bits per heavy atom. The lowest BCUT2D eigenvalue weighted by Crippen LogP contribution is -2.30. The number of nitro benzene ring substituents is 1. The van der Waals surface area contributed by atoms with Crippen molar-refractivity contribution in [3.63, 3.8) is 0 Å². The summed E-state index contributed by atoms with van der Waals surface area (Å²) < 4.78 is 26.9. The second-order valence-electron chi connectivity index (χ2n) is 7.53. The fourth-order valence-electron chi connectivity index (χ4n) is 3.50. The number of imidazole rings is 1. The summed E-state index contributed by atoms with van der Waals surface area (Å²) in [6.07, 6.45) is 0. The Labute approximate surface area is 181 Å². The molecule has 0 saturated heterocycles. The van der Waals surface area contributed by atoms with Crippen molar-refractivity contribution < 1.29 is 13.3 Å². The molecule has 0 aliphatic heterocycles. The van der Waals surface area contributed by atoms with Gasteiger partial charge in [0.2, 0.25) is 10.0 Å². The smallest absolute Gasteiger partial charge is 0.293 e. The monoisotopic (exact) mass is 445 g/mol. The average molecular weight is 446 g/mol. The number of H-pyrrole nitrogens is 1. The van der Waals surface area contributed by atoms with Crippen molar-refractivity contribution >= 4 is 32.4 Å². The third-order valence-electron chi connectivity index (χ3n) is 5.19. The van der Waals surface area contributed by atoms with Gasteiger partial charge in [0.25, 0.3) is 5.69 Å². The van der Waals surface area contributed by atoms with Gasteiger partial charge in [-0.1, -0.05) is 39.8 Å². The van der Waals surface area contributed by atoms with E-state index in [0.717, 1.165) is 17.1 Å². The Morgan fingerprint density at radius 1 is 1.16 bits per heavy atom. The van der Waals surface area contributed by atoms with Crippen LogP contribution in [-0.2, 0) is 10.0 Å². The van der Waals surface area contributed by atoms with E-state index in [-0.39, 0.29) is 41.3 Å². The summed E-state index contributed by atoms with van der Waals surface area (Å²) in [5.74, 6) is 0.713. The molecule has 2 aromatic carbocycles. The summed E-state index contributed by atoms with van der Waals surface area (Å²) in [5.41, 5.74) is 1.62. The van der Waals surface area contributed by atoms with Gasteiger partial charge >= 0.3 is 0 Å². The maximum absolute atomic E-state index is 12.8. The zero-order valence-corrected chi connectivity index (χ0v) is 18.8. The Balaban J connectivity index is 2.01. The number of anilines is 1. The molecule has 9 nitrogen and oxygen atoms in total. The lowest BCUT2D eigenvalue weighted by Gasteiger charge is -2.22. The summed E-state index contributed by atoms with van der Waals surface area (Å²) >= 11 is 0. The largest absolute Gasteiger partial charge is 0.369 e. The van der Waals surface area contributed by atoms with Crippen LogP contribution in [0.5, 0.6) is 0 Å². The van der Waals surface area contributed by atoms with Gasteiger partial charge in [-0.25, -0.2) is 13.4 Å². The van der Waals surface area contributed by atoms with Crippen LogP contribution in [0.3, 0.4) is 0 Å². The number of nitro groups is 1. The molecule has 31 heavy (non-hydrogen) atoms. The van der Waals surface area contributed by atoms with Gasteiger partial charge in [0.05, 0.1) is 26.9 Å². The van der Waals surface area contributed by atoms with Crippen LogP contribution in [0.1, 0.15) is 39.6 Å². The molecule has 0 amide bonds. The summed E-state index contributed by atoms with van der Waals surface area (Å²) in [7, 11) is -3.81. The van der Waals surface area contributed by atoms with Gasteiger partial charge in [-0.05, 0) is 30.2 Å². The number of hydrogen-bond donors (Lipinski definition) is 2. The molecule has 2 N–H and O–H groups in total. The molecule has 0 fully saturated rings. The summed E-state index contributed by atoms with van der Waals surface area (Å²) in [4.78, 5) is 19.0. The Bertz CT molecular complexity index is 1150. The van der Waals surface area contributed by atoms with Crippen molar-refractivity contribution in [2.45, 2.75) is 38.6 Å². The summed E-state index contributed by atoms with van der Waals surface area (Å²) in [5, 5.41) is 15.0. The van der Waals surface area contributed by atoms with Gasteiger partial charge in [-0.3, -0.25) is 10.1 Å². The van der Waals surface area contributed by atoms with E-state index in [1.807, 2.05) is 38.1 Å². The number of nitrogens with zero attached hydrogens (tertiary/aromatic N) is 3. The molecule has 1 heterocycles. The second-order valence-corrected chi connectivity index (χ2v) is 9.47. The first-order valence-electron chi connectivity index (χ1n) is 10.2. The number of rotatable bonds is 9. The van der Waals surface area contributed by atoms with Crippen LogP contribution in [0.25, 0.3) is 11.0 Å². The molecule has 1 atom stereocenters. The van der Waals surface area contributed by atoms with Gasteiger partial charge < -0.3 is 10.3 Å². The van der Waals surface area contributed by atoms with E-state index in [0.29, 0.717) is 5.82 Å². The summed E-state index contributed by atoms with van der Waals surface area (Å²) in [6, 6.07) is 11.2. The van der Waals surface area contributed by atoms with Crippen molar-refractivity contribution in [2.75, 3.05) is 18.4 Å². The highest BCUT2D eigenvalue weighted by molar-refractivity contribution is 7.89. The first-order valence-corrected chi connectivity index (χ1v) is 11.6. The lowest BCUT2D eigenvalue weighted by molar-refractivity contribution is -0.384. The number of sulfonamides is 1. The quantitative estimate of drug-likeness (QED) is 0.374. The fraction of sp³-hybridized carbons (Fsp3) is 0.381. The maximum atomic E-state index is 12.8. The first-order chi connectivity index (χ1) is 14.7. The van der Waals surface area contributed by atoms with E-state index in [1.165, 1.54) is 16.4 Å². The van der Waals surface area contributed by atoms with Crippen molar-refractivity contribution in [3.05, 3.63) is 58.4 Å². The van der Waals surface area contributed by atoms with E-state index in [9.17, 15) is 18.5 Å². The number of fused-ring (bicyclic) bond motifs is 1. The molecule has 10 heteroatoms. The highest BCUT2D eigenvalue weighted by atomic mass is 32.2. The molecule has 0 radical (unpaired) electrons. The van der Waals surface area contributed by atoms with Crippen molar-refractivity contribution in [3.8, 4) is 0 Å². The zero-order chi connectivity index (χ0) is 22.8. The maximum Gasteiger partial charge on any atom is 0.293 e. The minimum Gasteiger partial charge on any atom is -0.369 e. The lowest BCUT2D eigenvalue weighted by atomic mass is 10.0. The van der Waals surface area contributed by atoms with E-state index in [4.69, 9.17) is 0 Å². The highest BCUT2D eigenvalue weighted by Gasteiger charge is 2.28. The first kappa shape index (κ1) is 22.7. The van der Waals surface area contributed by atoms with E-state index < -0.39 is 14.9 Å². The van der Waals surface area contributed by atoms with Crippen LogP contribution in [0.4, 0.5) is 11.4 Å². The van der Waals surface area contributed by atoms with Gasteiger partial charge in [0.15, 0.2) is 0 Å². The molecule has 166 valence electrons. The number of aromatic nitrogens is 2. The fourth-order valence-corrected chi connectivity index (χ4v) is 4.97. The average Bonchev–Trinajstić information content (AvgIpc) is 3.16. The number of hydrogen-bond acceptors (Lipinski definition) is 6. The van der Waals surface area contributed by atoms with Gasteiger partial charge in [-0.15, -0.1) is 0 Å². The van der Waals surface area contributed by atoms with Crippen LogP contribution < -0.4 is 5.32 Å². The number of para-hydroxylation sites is 2. The molecule has 0 unspecified atom stereocenters. The van der Waals surface area contributed by atoms with E-state index in [1.54, 1.807) is 13.8 Å². The third kappa shape index (κ3) is 4.54. The molecule has 0 bridgehead atoms. The van der Waals surface area contributed by atoms with Crippen molar-refractivity contribution in [2.24, 2.45) is 5.92 Å². The van der Waals surface area contributed by atoms with Crippen LogP contribution >= 0.6 is 0 Å². The second kappa shape index (κ2) is 9.03. The SMILES string of the molecule is CCN(CC)S(=O)(=O)c1ccc(N[C@H](c2nc3ccccc3[nH]2)C(C)C)c([N+](=O)[O-])c1. The van der Waals surface area contributed by atoms with Crippen LogP contribution in [-0.4, -0.2) is 40.7 Å². The molecule has 0 spiro atoms. The predicted molar refractivity (Wildman–Crippen MR) is 120 cm³/mol. The van der Waals surface area contributed by atoms with E-state index in [2.05, 4.69) is 15.3 Å². The zero-order valence-electron chi connectivity index (χ0n) is 18.0. The minimum absolute atomic E-state index is 0.0549. The number of aromatic amines is 1. The third-order valence-corrected chi connectivity index (χ3v) is 7.23. The molecule has 3 rings (SSSR count). The normalized spacial score (nSPS) is 13.1. The Morgan fingerprint density at radius 3 is 2.42 bits per heavy atom. The minimum atomic E-state index is -3.81. The molecule has 0 aliphatic carbocycles. The predicted octanol–water partition coefficient (Wildman–Crippen LogP) is 4.31. The van der Waals surface area contributed by atoms with E-state index >= 15 is 0 Å². The Kier molecular flexibility index (Phi) is 6.61. The molecular formula is C21H27N5O4S. The standard InChI is InChI=1S/C21H27N5O4S/c1-5-25(6-2)31(29,30)15-11-12-18(19(13-15)26(27)28)22-20(14(3)4)21-23-16-9-7-8-10-17(16)24-21/h7-14,20,22H,5-6H2,1-4H3,(H,23,24)/t20-/m0/s1.